The van der Waals surface area contributed by atoms with Gasteiger partial charge in [0.05, 0.1) is 23.1 Å². The molecule has 106 valence electrons. The molecule has 0 radical (unpaired) electrons. The van der Waals surface area contributed by atoms with Gasteiger partial charge in [0.15, 0.2) is 0 Å². The molecule has 2 aromatic heterocycles. The van der Waals surface area contributed by atoms with Crippen molar-refractivity contribution in [1.29, 1.82) is 0 Å². The number of benzene rings is 1. The summed E-state index contributed by atoms with van der Waals surface area (Å²) >= 11 is 3.46. The Labute approximate surface area is 130 Å². The van der Waals surface area contributed by atoms with Gasteiger partial charge in [-0.15, -0.1) is 5.10 Å². The summed E-state index contributed by atoms with van der Waals surface area (Å²) in [6.45, 7) is 0.782. The van der Waals surface area contributed by atoms with Crippen LogP contribution in [0.1, 0.15) is 18.5 Å². The fourth-order valence-corrected chi connectivity index (χ4v) is 2.75. The number of rotatable bonds is 4. The Morgan fingerprint density at radius 3 is 3.05 bits per heavy atom. The van der Waals surface area contributed by atoms with Crippen LogP contribution in [0.15, 0.2) is 41.1 Å². The van der Waals surface area contributed by atoms with Crippen molar-refractivity contribution in [3.8, 4) is 5.69 Å². The number of pyridine rings is 1. The van der Waals surface area contributed by atoms with Crippen molar-refractivity contribution < 1.29 is 0 Å². The highest BCUT2D eigenvalue weighted by atomic mass is 79.9. The van der Waals surface area contributed by atoms with Gasteiger partial charge in [-0.1, -0.05) is 17.3 Å². The third kappa shape index (κ3) is 2.56. The van der Waals surface area contributed by atoms with E-state index in [2.05, 4.69) is 48.7 Å². The van der Waals surface area contributed by atoms with Crippen molar-refractivity contribution >= 4 is 26.8 Å². The van der Waals surface area contributed by atoms with E-state index in [4.69, 9.17) is 0 Å². The molecule has 4 rings (SSSR count). The molecule has 1 aromatic carbocycles. The number of aromatic nitrogens is 4. The Morgan fingerprint density at radius 2 is 2.19 bits per heavy atom. The highest BCUT2D eigenvalue weighted by Gasteiger charge is 2.21. The molecule has 0 aliphatic heterocycles. The average molecular weight is 344 g/mol. The SMILES string of the molecule is Brc1cnc2c(-n3nncc3CNC3CC3)cccc2c1. The van der Waals surface area contributed by atoms with Crippen LogP contribution < -0.4 is 5.32 Å². The molecule has 3 aromatic rings. The zero-order valence-corrected chi connectivity index (χ0v) is 12.9. The van der Waals surface area contributed by atoms with Crippen LogP contribution in [0, 0.1) is 0 Å². The van der Waals surface area contributed by atoms with Crippen LogP contribution in [0.25, 0.3) is 16.6 Å². The van der Waals surface area contributed by atoms with Crippen LogP contribution in [0.3, 0.4) is 0 Å². The fraction of sp³-hybridized carbons (Fsp3) is 0.267. The summed E-state index contributed by atoms with van der Waals surface area (Å²) in [6.07, 6.45) is 6.16. The number of nitrogens with zero attached hydrogens (tertiary/aromatic N) is 4. The van der Waals surface area contributed by atoms with Crippen LogP contribution in [0.5, 0.6) is 0 Å². The monoisotopic (exact) mass is 343 g/mol. The molecule has 0 spiro atoms. The summed E-state index contributed by atoms with van der Waals surface area (Å²) in [5.41, 5.74) is 2.95. The first-order valence-electron chi connectivity index (χ1n) is 6.99. The summed E-state index contributed by atoms with van der Waals surface area (Å²) in [4.78, 5) is 4.53. The Morgan fingerprint density at radius 1 is 1.29 bits per heavy atom. The molecule has 1 aliphatic carbocycles. The number of para-hydroxylation sites is 1. The number of nitrogens with one attached hydrogen (secondary N) is 1. The maximum Gasteiger partial charge on any atom is 0.0960 e. The molecule has 1 N–H and O–H groups in total. The van der Waals surface area contributed by atoms with Crippen LogP contribution >= 0.6 is 15.9 Å². The highest BCUT2D eigenvalue weighted by molar-refractivity contribution is 9.10. The molecule has 0 amide bonds. The molecule has 5 nitrogen and oxygen atoms in total. The lowest BCUT2D eigenvalue weighted by molar-refractivity contribution is 0.647. The van der Waals surface area contributed by atoms with Crippen molar-refractivity contribution in [3.05, 3.63) is 46.8 Å². The lowest BCUT2D eigenvalue weighted by atomic mass is 10.2. The minimum absolute atomic E-state index is 0.662. The van der Waals surface area contributed by atoms with Gasteiger partial charge in [-0.05, 0) is 40.9 Å². The van der Waals surface area contributed by atoms with Gasteiger partial charge in [0.1, 0.15) is 0 Å². The normalized spacial score (nSPS) is 14.7. The number of halogens is 1. The topological polar surface area (TPSA) is 55.6 Å². The van der Waals surface area contributed by atoms with Gasteiger partial charge < -0.3 is 5.32 Å². The molecule has 1 fully saturated rings. The van der Waals surface area contributed by atoms with Gasteiger partial charge in [-0.25, -0.2) is 4.68 Å². The fourth-order valence-electron chi connectivity index (χ4n) is 2.40. The van der Waals surface area contributed by atoms with Crippen LogP contribution in [-0.4, -0.2) is 26.0 Å². The van der Waals surface area contributed by atoms with E-state index in [1.807, 2.05) is 29.2 Å². The first-order chi connectivity index (χ1) is 10.3. The molecule has 1 aliphatic rings. The van der Waals surface area contributed by atoms with E-state index < -0.39 is 0 Å². The van der Waals surface area contributed by atoms with E-state index in [1.54, 1.807) is 0 Å². The van der Waals surface area contributed by atoms with Crippen molar-refractivity contribution in [2.24, 2.45) is 0 Å². The quantitative estimate of drug-likeness (QED) is 0.791. The van der Waals surface area contributed by atoms with Crippen molar-refractivity contribution in [2.45, 2.75) is 25.4 Å². The lowest BCUT2D eigenvalue weighted by Crippen LogP contribution is -2.18. The maximum atomic E-state index is 4.53. The van der Waals surface area contributed by atoms with Gasteiger partial charge in [0.25, 0.3) is 0 Å². The van der Waals surface area contributed by atoms with Gasteiger partial charge >= 0.3 is 0 Å². The van der Waals surface area contributed by atoms with Gasteiger partial charge in [-0.2, -0.15) is 0 Å². The second kappa shape index (κ2) is 5.20. The van der Waals surface area contributed by atoms with E-state index in [9.17, 15) is 0 Å². The highest BCUT2D eigenvalue weighted by Crippen LogP contribution is 2.24. The summed E-state index contributed by atoms with van der Waals surface area (Å²) in [5.74, 6) is 0. The third-order valence-electron chi connectivity index (χ3n) is 3.65. The largest absolute Gasteiger partial charge is 0.308 e. The number of hydrogen-bond donors (Lipinski definition) is 1. The Hall–Kier alpha value is -1.79. The molecule has 1 saturated carbocycles. The van der Waals surface area contributed by atoms with Crippen LogP contribution in [0.4, 0.5) is 0 Å². The third-order valence-corrected chi connectivity index (χ3v) is 4.09. The van der Waals surface area contributed by atoms with Crippen molar-refractivity contribution in [1.82, 2.24) is 25.3 Å². The molecule has 0 unspecified atom stereocenters. The standard InChI is InChI=1S/C15H14BrN5/c16-11-6-10-2-1-3-14(15(10)18-7-11)21-13(9-19-20-21)8-17-12-4-5-12/h1-3,6-7,9,12,17H,4-5,8H2. The van der Waals surface area contributed by atoms with E-state index >= 15 is 0 Å². The van der Waals surface area contributed by atoms with Gasteiger partial charge in [-0.3, -0.25) is 4.98 Å². The van der Waals surface area contributed by atoms with E-state index in [0.29, 0.717) is 6.04 Å². The Bertz CT molecular complexity index is 794. The van der Waals surface area contributed by atoms with Crippen LogP contribution in [0.2, 0.25) is 0 Å². The van der Waals surface area contributed by atoms with E-state index in [-0.39, 0.29) is 0 Å². The number of hydrogen-bond acceptors (Lipinski definition) is 4. The molecular formula is C15H14BrN5. The first kappa shape index (κ1) is 12.9. The molecule has 21 heavy (non-hydrogen) atoms. The van der Waals surface area contributed by atoms with Gasteiger partial charge in [0.2, 0.25) is 0 Å². The molecule has 0 saturated heterocycles. The zero-order valence-electron chi connectivity index (χ0n) is 11.3. The minimum atomic E-state index is 0.662. The molecular weight excluding hydrogens is 330 g/mol. The zero-order chi connectivity index (χ0) is 14.2. The molecule has 0 bridgehead atoms. The van der Waals surface area contributed by atoms with E-state index in [1.165, 1.54) is 12.8 Å². The Balaban J connectivity index is 1.77. The first-order valence-corrected chi connectivity index (χ1v) is 7.78. The molecule has 0 atom stereocenters. The van der Waals surface area contributed by atoms with Crippen LogP contribution in [-0.2, 0) is 6.54 Å². The molecule has 6 heteroatoms. The van der Waals surface area contributed by atoms with Gasteiger partial charge in [0, 0.05) is 28.6 Å². The summed E-state index contributed by atoms with van der Waals surface area (Å²) in [7, 11) is 0. The smallest absolute Gasteiger partial charge is 0.0960 e. The maximum absolute atomic E-state index is 4.53. The molecule has 2 heterocycles. The summed E-state index contributed by atoms with van der Waals surface area (Å²) in [5, 5.41) is 12.9. The lowest BCUT2D eigenvalue weighted by Gasteiger charge is -2.09. The minimum Gasteiger partial charge on any atom is -0.308 e. The number of fused-ring (bicyclic) bond motifs is 1. The van der Waals surface area contributed by atoms with Crippen molar-refractivity contribution in [2.75, 3.05) is 0 Å². The average Bonchev–Trinajstić information content (AvgIpc) is 3.21. The Kier molecular flexibility index (Phi) is 3.20. The predicted octanol–water partition coefficient (Wildman–Crippen LogP) is 2.83. The second-order valence-electron chi connectivity index (χ2n) is 5.29. The summed E-state index contributed by atoms with van der Waals surface area (Å²) < 4.78 is 2.85. The van der Waals surface area contributed by atoms with Crippen molar-refractivity contribution in [3.63, 3.8) is 0 Å². The predicted molar refractivity (Wildman–Crippen MR) is 84.2 cm³/mol. The van der Waals surface area contributed by atoms with E-state index in [0.717, 1.165) is 33.3 Å². The summed E-state index contributed by atoms with van der Waals surface area (Å²) in [6, 6.07) is 8.82. The second-order valence-corrected chi connectivity index (χ2v) is 6.21.